The number of benzene rings is 2. The fourth-order valence-corrected chi connectivity index (χ4v) is 1.95. The van der Waals surface area contributed by atoms with E-state index in [9.17, 15) is 9.18 Å². The molecule has 0 spiro atoms. The number of carbonyl (C=O) groups excluding carboxylic acids is 1. The van der Waals surface area contributed by atoms with E-state index in [1.54, 1.807) is 19.2 Å². The van der Waals surface area contributed by atoms with Crippen LogP contribution >= 0.6 is 0 Å². The third-order valence-electron chi connectivity index (χ3n) is 3.19. The number of amides is 1. The van der Waals surface area contributed by atoms with E-state index in [1.165, 1.54) is 12.1 Å². The minimum atomic E-state index is -0.253. The van der Waals surface area contributed by atoms with Gasteiger partial charge in [0.2, 0.25) is 5.91 Å². The van der Waals surface area contributed by atoms with Gasteiger partial charge in [0.1, 0.15) is 11.6 Å². The molecular formula is C17H19FN2O2. The normalized spacial score (nSPS) is 10.1. The molecular weight excluding hydrogens is 283 g/mol. The lowest BCUT2D eigenvalue weighted by Gasteiger charge is -2.08. The lowest BCUT2D eigenvalue weighted by atomic mass is 10.1. The molecule has 0 bridgehead atoms. The van der Waals surface area contributed by atoms with E-state index >= 15 is 0 Å². The van der Waals surface area contributed by atoms with E-state index in [4.69, 9.17) is 4.74 Å². The molecule has 0 aliphatic heterocycles. The summed E-state index contributed by atoms with van der Waals surface area (Å²) in [5.74, 6) is 0.434. The maximum Gasteiger partial charge on any atom is 0.239 e. The molecule has 0 saturated heterocycles. The van der Waals surface area contributed by atoms with Crippen LogP contribution in [0.5, 0.6) is 5.75 Å². The molecule has 22 heavy (non-hydrogen) atoms. The highest BCUT2D eigenvalue weighted by molar-refractivity contribution is 5.80. The molecule has 0 aliphatic carbocycles. The van der Waals surface area contributed by atoms with Crippen molar-refractivity contribution in [1.82, 2.24) is 5.32 Å². The van der Waals surface area contributed by atoms with Crippen molar-refractivity contribution in [2.45, 2.75) is 6.42 Å². The Morgan fingerprint density at radius 1 is 1.09 bits per heavy atom. The number of anilines is 1. The lowest BCUT2D eigenvalue weighted by molar-refractivity contribution is -0.119. The summed E-state index contributed by atoms with van der Waals surface area (Å²) in [5, 5.41) is 5.85. The van der Waals surface area contributed by atoms with Crippen LogP contribution in [0.3, 0.4) is 0 Å². The summed E-state index contributed by atoms with van der Waals surface area (Å²) in [7, 11) is 1.61. The lowest BCUT2D eigenvalue weighted by Crippen LogP contribution is -2.31. The van der Waals surface area contributed by atoms with Crippen molar-refractivity contribution in [3.8, 4) is 5.75 Å². The predicted molar refractivity (Wildman–Crippen MR) is 84.6 cm³/mol. The van der Waals surface area contributed by atoms with E-state index in [2.05, 4.69) is 10.6 Å². The number of hydrogen-bond donors (Lipinski definition) is 2. The standard InChI is InChI=1S/C17H19FN2O2/c1-22-16-8-6-15(7-9-16)20-12-17(21)19-11-10-13-2-4-14(18)5-3-13/h2-9,20H,10-12H2,1H3,(H,19,21). The minimum absolute atomic E-state index is 0.0853. The minimum Gasteiger partial charge on any atom is -0.497 e. The van der Waals surface area contributed by atoms with Gasteiger partial charge in [-0.1, -0.05) is 12.1 Å². The van der Waals surface area contributed by atoms with Gasteiger partial charge in [-0.3, -0.25) is 4.79 Å². The van der Waals surface area contributed by atoms with Crippen molar-refractivity contribution in [2.24, 2.45) is 0 Å². The SMILES string of the molecule is COc1ccc(NCC(=O)NCCc2ccc(F)cc2)cc1. The molecule has 0 radical (unpaired) electrons. The summed E-state index contributed by atoms with van der Waals surface area (Å²) < 4.78 is 17.8. The van der Waals surface area contributed by atoms with E-state index in [0.29, 0.717) is 13.0 Å². The summed E-state index contributed by atoms with van der Waals surface area (Å²) in [5.41, 5.74) is 1.85. The van der Waals surface area contributed by atoms with Crippen LogP contribution in [0.2, 0.25) is 0 Å². The Hall–Kier alpha value is -2.56. The van der Waals surface area contributed by atoms with Crippen molar-refractivity contribution >= 4 is 11.6 Å². The zero-order chi connectivity index (χ0) is 15.8. The fraction of sp³-hybridized carbons (Fsp3) is 0.235. The Kier molecular flexibility index (Phi) is 5.77. The van der Waals surface area contributed by atoms with E-state index in [0.717, 1.165) is 17.0 Å². The zero-order valence-electron chi connectivity index (χ0n) is 12.4. The van der Waals surface area contributed by atoms with Crippen molar-refractivity contribution in [2.75, 3.05) is 25.5 Å². The topological polar surface area (TPSA) is 50.4 Å². The maximum atomic E-state index is 12.8. The molecule has 4 nitrogen and oxygen atoms in total. The predicted octanol–water partition coefficient (Wildman–Crippen LogP) is 2.61. The van der Waals surface area contributed by atoms with Crippen LogP contribution in [-0.4, -0.2) is 26.1 Å². The van der Waals surface area contributed by atoms with Crippen molar-refractivity contribution in [3.63, 3.8) is 0 Å². The molecule has 0 saturated carbocycles. The van der Waals surface area contributed by atoms with Crippen LogP contribution < -0.4 is 15.4 Å². The Balaban J connectivity index is 1.68. The highest BCUT2D eigenvalue weighted by Gasteiger charge is 2.01. The average molecular weight is 302 g/mol. The summed E-state index contributed by atoms with van der Waals surface area (Å²) >= 11 is 0. The van der Waals surface area contributed by atoms with Crippen LogP contribution in [0, 0.1) is 5.82 Å². The number of hydrogen-bond acceptors (Lipinski definition) is 3. The van der Waals surface area contributed by atoms with Crippen molar-refractivity contribution < 1.29 is 13.9 Å². The first kappa shape index (κ1) is 15.8. The molecule has 2 aromatic carbocycles. The second kappa shape index (κ2) is 8.02. The number of rotatable bonds is 7. The molecule has 0 heterocycles. The Morgan fingerprint density at radius 2 is 1.77 bits per heavy atom. The van der Waals surface area contributed by atoms with E-state index in [-0.39, 0.29) is 18.3 Å². The Bertz CT molecular complexity index is 597. The van der Waals surface area contributed by atoms with Gasteiger partial charge < -0.3 is 15.4 Å². The highest BCUT2D eigenvalue weighted by Crippen LogP contribution is 2.14. The molecule has 0 fully saturated rings. The summed E-state index contributed by atoms with van der Waals surface area (Å²) in [6.07, 6.45) is 0.675. The van der Waals surface area contributed by atoms with Crippen LogP contribution in [0.1, 0.15) is 5.56 Å². The molecule has 2 N–H and O–H groups in total. The monoisotopic (exact) mass is 302 g/mol. The van der Waals surface area contributed by atoms with Gasteiger partial charge in [-0.25, -0.2) is 4.39 Å². The smallest absolute Gasteiger partial charge is 0.239 e. The molecule has 2 aromatic rings. The summed E-state index contributed by atoms with van der Waals surface area (Å²) in [6.45, 7) is 0.727. The molecule has 116 valence electrons. The summed E-state index contributed by atoms with van der Waals surface area (Å²) in [6, 6.07) is 13.6. The average Bonchev–Trinajstić information content (AvgIpc) is 2.55. The van der Waals surface area contributed by atoms with Crippen LogP contribution in [0.25, 0.3) is 0 Å². The second-order valence-electron chi connectivity index (χ2n) is 4.81. The fourth-order valence-electron chi connectivity index (χ4n) is 1.95. The van der Waals surface area contributed by atoms with E-state index in [1.807, 2.05) is 24.3 Å². The van der Waals surface area contributed by atoms with Crippen molar-refractivity contribution in [3.05, 3.63) is 59.9 Å². The number of methoxy groups -OCH3 is 1. The van der Waals surface area contributed by atoms with Gasteiger partial charge in [0, 0.05) is 12.2 Å². The quantitative estimate of drug-likeness (QED) is 0.826. The van der Waals surface area contributed by atoms with Gasteiger partial charge in [-0.15, -0.1) is 0 Å². The number of nitrogens with one attached hydrogen (secondary N) is 2. The second-order valence-corrected chi connectivity index (χ2v) is 4.81. The number of carbonyl (C=O) groups is 1. The molecule has 1 amide bonds. The zero-order valence-corrected chi connectivity index (χ0v) is 12.4. The number of halogens is 1. The first-order chi connectivity index (χ1) is 10.7. The largest absolute Gasteiger partial charge is 0.497 e. The van der Waals surface area contributed by atoms with Crippen LogP contribution in [-0.2, 0) is 11.2 Å². The first-order valence-corrected chi connectivity index (χ1v) is 7.06. The van der Waals surface area contributed by atoms with Gasteiger partial charge in [0.05, 0.1) is 13.7 Å². The number of ether oxygens (including phenoxy) is 1. The van der Waals surface area contributed by atoms with Gasteiger partial charge in [-0.05, 0) is 48.4 Å². The Morgan fingerprint density at radius 3 is 2.41 bits per heavy atom. The van der Waals surface area contributed by atoms with Gasteiger partial charge in [0.25, 0.3) is 0 Å². The maximum absolute atomic E-state index is 12.8. The first-order valence-electron chi connectivity index (χ1n) is 7.06. The molecule has 0 unspecified atom stereocenters. The van der Waals surface area contributed by atoms with Gasteiger partial charge in [0.15, 0.2) is 0 Å². The van der Waals surface area contributed by atoms with E-state index < -0.39 is 0 Å². The van der Waals surface area contributed by atoms with Crippen molar-refractivity contribution in [1.29, 1.82) is 0 Å². The molecule has 0 atom stereocenters. The van der Waals surface area contributed by atoms with Crippen LogP contribution in [0.4, 0.5) is 10.1 Å². The molecule has 5 heteroatoms. The van der Waals surface area contributed by atoms with Gasteiger partial charge in [-0.2, -0.15) is 0 Å². The molecule has 0 aliphatic rings. The van der Waals surface area contributed by atoms with Crippen LogP contribution in [0.15, 0.2) is 48.5 Å². The van der Waals surface area contributed by atoms with Gasteiger partial charge >= 0.3 is 0 Å². The molecule has 2 rings (SSSR count). The highest BCUT2D eigenvalue weighted by atomic mass is 19.1. The molecule has 0 aromatic heterocycles. The third kappa shape index (κ3) is 5.09. The Labute approximate surface area is 129 Å². The third-order valence-corrected chi connectivity index (χ3v) is 3.19. The summed E-state index contributed by atoms with van der Waals surface area (Å²) in [4.78, 5) is 11.7.